The lowest BCUT2D eigenvalue weighted by Gasteiger charge is -2.17. The molecule has 1 aromatic carbocycles. The van der Waals surface area contributed by atoms with E-state index in [2.05, 4.69) is 26.2 Å². The molecular formula is C14H14BrFN2O. The highest BCUT2D eigenvalue weighted by molar-refractivity contribution is 9.10. The summed E-state index contributed by atoms with van der Waals surface area (Å²) in [6.07, 6.45) is 3.47. The fourth-order valence-electron chi connectivity index (χ4n) is 1.97. The minimum absolute atomic E-state index is 0.120. The summed E-state index contributed by atoms with van der Waals surface area (Å²) in [4.78, 5) is 4.13. The van der Waals surface area contributed by atoms with Crippen LogP contribution in [0.1, 0.15) is 17.2 Å². The third kappa shape index (κ3) is 3.11. The topological polar surface area (TPSA) is 34.2 Å². The fourth-order valence-corrected chi connectivity index (χ4v) is 2.36. The van der Waals surface area contributed by atoms with Gasteiger partial charge in [0.2, 0.25) is 0 Å². The molecule has 0 saturated carbocycles. The third-order valence-electron chi connectivity index (χ3n) is 2.86. The standard InChI is InChI=1S/C14H14BrFN2O/c1-17-14(10-5-11(15)8-18-7-10)9-3-4-13(19-2)12(16)6-9/h3-8,14,17H,1-2H3. The van der Waals surface area contributed by atoms with Gasteiger partial charge in [-0.15, -0.1) is 0 Å². The molecule has 0 aliphatic carbocycles. The van der Waals surface area contributed by atoms with E-state index >= 15 is 0 Å². The molecule has 0 fully saturated rings. The van der Waals surface area contributed by atoms with Gasteiger partial charge in [-0.3, -0.25) is 4.98 Å². The molecule has 0 aliphatic rings. The van der Waals surface area contributed by atoms with Crippen LogP contribution >= 0.6 is 15.9 Å². The van der Waals surface area contributed by atoms with E-state index in [4.69, 9.17) is 4.74 Å². The molecule has 2 rings (SSSR count). The number of ether oxygens (including phenoxy) is 1. The van der Waals surface area contributed by atoms with Crippen LogP contribution in [0.25, 0.3) is 0 Å². The van der Waals surface area contributed by atoms with Crippen molar-refractivity contribution in [3.63, 3.8) is 0 Å². The van der Waals surface area contributed by atoms with Crippen molar-refractivity contribution in [3.8, 4) is 5.75 Å². The Morgan fingerprint density at radius 2 is 2.05 bits per heavy atom. The first-order valence-corrected chi connectivity index (χ1v) is 6.56. The van der Waals surface area contributed by atoms with Gasteiger partial charge in [0.05, 0.1) is 13.2 Å². The normalized spacial score (nSPS) is 12.2. The molecule has 0 radical (unpaired) electrons. The minimum atomic E-state index is -0.372. The molecule has 1 aromatic heterocycles. The minimum Gasteiger partial charge on any atom is -0.494 e. The van der Waals surface area contributed by atoms with Gasteiger partial charge in [0.25, 0.3) is 0 Å². The van der Waals surface area contributed by atoms with E-state index in [0.29, 0.717) is 0 Å². The SMILES string of the molecule is CNC(c1cncc(Br)c1)c1ccc(OC)c(F)c1. The molecular weight excluding hydrogens is 311 g/mol. The lowest BCUT2D eigenvalue weighted by Crippen LogP contribution is -2.18. The van der Waals surface area contributed by atoms with Gasteiger partial charge in [0.1, 0.15) is 0 Å². The lowest BCUT2D eigenvalue weighted by molar-refractivity contribution is 0.386. The average Bonchev–Trinajstić information content (AvgIpc) is 2.40. The maximum atomic E-state index is 13.8. The van der Waals surface area contributed by atoms with Crippen LogP contribution in [0.4, 0.5) is 4.39 Å². The van der Waals surface area contributed by atoms with E-state index in [9.17, 15) is 4.39 Å². The fraction of sp³-hybridized carbons (Fsp3) is 0.214. The van der Waals surface area contributed by atoms with Gasteiger partial charge in [-0.1, -0.05) is 6.07 Å². The summed E-state index contributed by atoms with van der Waals surface area (Å²) >= 11 is 3.39. The molecule has 0 bridgehead atoms. The van der Waals surface area contributed by atoms with Crippen molar-refractivity contribution in [2.75, 3.05) is 14.2 Å². The Labute approximate surface area is 119 Å². The second-order valence-electron chi connectivity index (χ2n) is 4.05. The Kier molecular flexibility index (Phi) is 4.50. The predicted octanol–water partition coefficient (Wildman–Crippen LogP) is 3.30. The Hall–Kier alpha value is -1.46. The number of aromatic nitrogens is 1. The average molecular weight is 325 g/mol. The molecule has 100 valence electrons. The number of nitrogens with zero attached hydrogens (tertiary/aromatic N) is 1. The van der Waals surface area contributed by atoms with Crippen LogP contribution in [0.2, 0.25) is 0 Å². The quantitative estimate of drug-likeness (QED) is 0.937. The number of rotatable bonds is 4. The molecule has 0 saturated heterocycles. The van der Waals surface area contributed by atoms with Gasteiger partial charge in [-0.05, 0) is 52.3 Å². The van der Waals surface area contributed by atoms with E-state index in [-0.39, 0.29) is 17.6 Å². The van der Waals surface area contributed by atoms with Crippen molar-refractivity contribution < 1.29 is 9.13 Å². The molecule has 2 aromatic rings. The van der Waals surface area contributed by atoms with Gasteiger partial charge >= 0.3 is 0 Å². The maximum Gasteiger partial charge on any atom is 0.165 e. The Balaban J connectivity index is 2.39. The third-order valence-corrected chi connectivity index (χ3v) is 3.29. The number of halogens is 2. The van der Waals surface area contributed by atoms with Crippen molar-refractivity contribution in [3.05, 3.63) is 58.1 Å². The van der Waals surface area contributed by atoms with Crippen molar-refractivity contribution >= 4 is 15.9 Å². The molecule has 1 heterocycles. The first kappa shape index (κ1) is 14.0. The van der Waals surface area contributed by atoms with Crippen LogP contribution in [0.3, 0.4) is 0 Å². The highest BCUT2D eigenvalue weighted by Crippen LogP contribution is 2.27. The Bertz CT molecular complexity index is 577. The zero-order chi connectivity index (χ0) is 13.8. The summed E-state index contributed by atoms with van der Waals surface area (Å²) in [5.74, 6) is -0.130. The van der Waals surface area contributed by atoms with E-state index in [1.54, 1.807) is 18.5 Å². The summed E-state index contributed by atoms with van der Waals surface area (Å²) in [5.41, 5.74) is 1.78. The van der Waals surface area contributed by atoms with E-state index in [0.717, 1.165) is 15.6 Å². The second kappa shape index (κ2) is 6.12. The highest BCUT2D eigenvalue weighted by Gasteiger charge is 2.15. The number of hydrogen-bond donors (Lipinski definition) is 1. The molecule has 1 N–H and O–H groups in total. The number of nitrogens with one attached hydrogen (secondary N) is 1. The van der Waals surface area contributed by atoms with E-state index in [1.807, 2.05) is 19.2 Å². The molecule has 0 aliphatic heterocycles. The lowest BCUT2D eigenvalue weighted by atomic mass is 10.00. The second-order valence-corrected chi connectivity index (χ2v) is 4.97. The van der Waals surface area contributed by atoms with Crippen molar-refractivity contribution in [2.24, 2.45) is 0 Å². The largest absolute Gasteiger partial charge is 0.494 e. The first-order valence-electron chi connectivity index (χ1n) is 5.77. The van der Waals surface area contributed by atoms with Crippen molar-refractivity contribution in [1.82, 2.24) is 10.3 Å². The van der Waals surface area contributed by atoms with Crippen LogP contribution in [0.5, 0.6) is 5.75 Å². The predicted molar refractivity (Wildman–Crippen MR) is 75.8 cm³/mol. The monoisotopic (exact) mass is 324 g/mol. The number of methoxy groups -OCH3 is 1. The van der Waals surface area contributed by atoms with Gasteiger partial charge in [-0.25, -0.2) is 4.39 Å². The van der Waals surface area contributed by atoms with Gasteiger partial charge in [0, 0.05) is 16.9 Å². The zero-order valence-corrected chi connectivity index (χ0v) is 12.2. The van der Waals surface area contributed by atoms with Crippen molar-refractivity contribution in [2.45, 2.75) is 6.04 Å². The molecule has 1 unspecified atom stereocenters. The molecule has 0 spiro atoms. The Morgan fingerprint density at radius 1 is 1.26 bits per heavy atom. The summed E-state index contributed by atoms with van der Waals surface area (Å²) in [6, 6.07) is 6.77. The number of benzene rings is 1. The molecule has 5 heteroatoms. The van der Waals surface area contributed by atoms with E-state index < -0.39 is 0 Å². The Morgan fingerprint density at radius 3 is 2.63 bits per heavy atom. The van der Waals surface area contributed by atoms with Crippen molar-refractivity contribution in [1.29, 1.82) is 0 Å². The summed E-state index contributed by atoms with van der Waals surface area (Å²) in [7, 11) is 3.28. The van der Waals surface area contributed by atoms with Crippen LogP contribution < -0.4 is 10.1 Å². The first-order chi connectivity index (χ1) is 9.15. The zero-order valence-electron chi connectivity index (χ0n) is 10.7. The van der Waals surface area contributed by atoms with E-state index in [1.165, 1.54) is 13.2 Å². The van der Waals surface area contributed by atoms with Gasteiger partial charge < -0.3 is 10.1 Å². The van der Waals surface area contributed by atoms with Crippen LogP contribution in [-0.4, -0.2) is 19.1 Å². The summed E-state index contributed by atoms with van der Waals surface area (Å²) < 4.78 is 19.6. The summed E-state index contributed by atoms with van der Waals surface area (Å²) in [6.45, 7) is 0. The molecule has 1 atom stereocenters. The summed E-state index contributed by atoms with van der Waals surface area (Å²) in [5, 5.41) is 3.16. The maximum absolute atomic E-state index is 13.8. The highest BCUT2D eigenvalue weighted by atomic mass is 79.9. The van der Waals surface area contributed by atoms with Crippen LogP contribution in [0, 0.1) is 5.82 Å². The van der Waals surface area contributed by atoms with Gasteiger partial charge in [-0.2, -0.15) is 0 Å². The molecule has 19 heavy (non-hydrogen) atoms. The van der Waals surface area contributed by atoms with Crippen LogP contribution in [0.15, 0.2) is 41.1 Å². The van der Waals surface area contributed by atoms with Crippen LogP contribution in [-0.2, 0) is 0 Å². The van der Waals surface area contributed by atoms with Gasteiger partial charge in [0.15, 0.2) is 11.6 Å². The smallest absolute Gasteiger partial charge is 0.165 e. The number of hydrogen-bond acceptors (Lipinski definition) is 3. The molecule has 3 nitrogen and oxygen atoms in total. The molecule has 0 amide bonds. The number of pyridine rings is 1.